The fourth-order valence-corrected chi connectivity index (χ4v) is 3.50. The maximum Gasteiger partial charge on any atom is 0.333 e. The van der Waals surface area contributed by atoms with Crippen molar-refractivity contribution in [1.82, 2.24) is 5.32 Å². The number of carbonyl (C=O) groups is 2. The van der Waals surface area contributed by atoms with Crippen molar-refractivity contribution in [2.45, 2.75) is 0 Å². The minimum atomic E-state index is -0.604. The van der Waals surface area contributed by atoms with Crippen molar-refractivity contribution in [3.63, 3.8) is 0 Å². The van der Waals surface area contributed by atoms with Gasteiger partial charge in [-0.1, -0.05) is 17.7 Å². The predicted octanol–water partition coefficient (Wildman–Crippen LogP) is 3.18. The van der Waals surface area contributed by atoms with E-state index in [9.17, 15) is 19.7 Å². The Kier molecular flexibility index (Phi) is 5.39. The summed E-state index contributed by atoms with van der Waals surface area (Å²) in [5.41, 5.74) is 1.26. The fourth-order valence-electron chi connectivity index (χ4n) is 3.37. The average Bonchev–Trinajstić information content (AvgIpc) is 3.02. The maximum atomic E-state index is 12.7. The summed E-state index contributed by atoms with van der Waals surface area (Å²) in [4.78, 5) is 39.1. The van der Waals surface area contributed by atoms with Crippen LogP contribution >= 0.6 is 11.6 Å². The van der Waals surface area contributed by atoms with Crippen LogP contribution in [0, 0.1) is 10.1 Å². The Morgan fingerprint density at radius 2 is 1.80 bits per heavy atom. The number of nitro benzene ring substituents is 1. The number of nitro groups is 1. The number of halogens is 1. The van der Waals surface area contributed by atoms with Crippen molar-refractivity contribution in [1.29, 1.82) is 0 Å². The van der Waals surface area contributed by atoms with Crippen molar-refractivity contribution in [2.24, 2.45) is 0 Å². The second-order valence-corrected chi connectivity index (χ2v) is 7.15. The van der Waals surface area contributed by atoms with E-state index >= 15 is 0 Å². The molecule has 9 nitrogen and oxygen atoms in total. The molecule has 2 heterocycles. The molecule has 2 aromatic rings. The van der Waals surface area contributed by atoms with Gasteiger partial charge in [-0.2, -0.15) is 0 Å². The number of imide groups is 1. The minimum absolute atomic E-state index is 0.0309. The molecule has 10 heteroatoms. The molecule has 0 radical (unpaired) electrons. The SMILES string of the molecule is O=C1N/C(=C\c2ccc(N3CCOCC3)c([N+](=O)[O-])c2)C(=O)N1c1ccc(Cl)cc1. The summed E-state index contributed by atoms with van der Waals surface area (Å²) < 4.78 is 5.30. The first kappa shape index (κ1) is 19.9. The molecule has 154 valence electrons. The van der Waals surface area contributed by atoms with E-state index in [1.54, 1.807) is 36.4 Å². The van der Waals surface area contributed by atoms with Crippen molar-refractivity contribution in [3.8, 4) is 0 Å². The molecule has 0 bridgehead atoms. The Bertz CT molecular complexity index is 1050. The molecular formula is C20H17ClN4O5. The predicted molar refractivity (Wildman–Crippen MR) is 112 cm³/mol. The average molecular weight is 429 g/mol. The number of rotatable bonds is 4. The lowest BCUT2D eigenvalue weighted by atomic mass is 10.1. The molecule has 30 heavy (non-hydrogen) atoms. The first-order chi connectivity index (χ1) is 14.4. The van der Waals surface area contributed by atoms with Crippen LogP contribution in [0.5, 0.6) is 0 Å². The Balaban J connectivity index is 1.63. The van der Waals surface area contributed by atoms with E-state index in [0.717, 1.165) is 4.90 Å². The minimum Gasteiger partial charge on any atom is -0.378 e. The van der Waals surface area contributed by atoms with Crippen molar-refractivity contribution in [2.75, 3.05) is 36.1 Å². The molecule has 0 aliphatic carbocycles. The smallest absolute Gasteiger partial charge is 0.333 e. The number of morpholine rings is 1. The van der Waals surface area contributed by atoms with E-state index in [4.69, 9.17) is 16.3 Å². The fraction of sp³-hybridized carbons (Fsp3) is 0.200. The van der Waals surface area contributed by atoms with Gasteiger partial charge in [-0.05, 0) is 42.0 Å². The number of nitrogens with zero attached hydrogens (tertiary/aromatic N) is 3. The highest BCUT2D eigenvalue weighted by Gasteiger charge is 2.35. The molecule has 0 saturated carbocycles. The van der Waals surface area contributed by atoms with Crippen LogP contribution in [0.3, 0.4) is 0 Å². The normalized spacial score (nSPS) is 18.1. The lowest BCUT2D eigenvalue weighted by Crippen LogP contribution is -2.36. The number of carbonyl (C=O) groups excluding carboxylic acids is 2. The molecule has 2 fully saturated rings. The summed E-state index contributed by atoms with van der Waals surface area (Å²) in [5, 5.41) is 14.6. The lowest BCUT2D eigenvalue weighted by molar-refractivity contribution is -0.384. The van der Waals surface area contributed by atoms with Crippen LogP contribution in [0.25, 0.3) is 6.08 Å². The van der Waals surface area contributed by atoms with E-state index in [0.29, 0.717) is 48.3 Å². The molecule has 3 amide bonds. The van der Waals surface area contributed by atoms with Gasteiger partial charge in [0.1, 0.15) is 11.4 Å². The van der Waals surface area contributed by atoms with Crippen LogP contribution in [-0.4, -0.2) is 43.2 Å². The van der Waals surface area contributed by atoms with Crippen molar-refractivity contribution < 1.29 is 19.2 Å². The van der Waals surface area contributed by atoms with Gasteiger partial charge in [0, 0.05) is 24.2 Å². The number of nitrogens with one attached hydrogen (secondary N) is 1. The third-order valence-electron chi connectivity index (χ3n) is 4.82. The number of amides is 3. The summed E-state index contributed by atoms with van der Waals surface area (Å²) in [6, 6.07) is 10.4. The third kappa shape index (κ3) is 3.85. The van der Waals surface area contributed by atoms with E-state index in [1.807, 2.05) is 4.90 Å². The Labute approximate surface area is 176 Å². The maximum absolute atomic E-state index is 12.7. The number of urea groups is 1. The molecule has 0 unspecified atom stereocenters. The van der Waals surface area contributed by atoms with E-state index in [-0.39, 0.29) is 11.4 Å². The summed E-state index contributed by atoms with van der Waals surface area (Å²) in [6.07, 6.45) is 1.42. The number of hydrogen-bond acceptors (Lipinski definition) is 6. The van der Waals surface area contributed by atoms with Gasteiger partial charge in [-0.15, -0.1) is 0 Å². The van der Waals surface area contributed by atoms with Crippen LogP contribution in [0.15, 0.2) is 48.2 Å². The molecule has 2 aromatic carbocycles. The number of hydrogen-bond donors (Lipinski definition) is 1. The quantitative estimate of drug-likeness (QED) is 0.347. The second-order valence-electron chi connectivity index (χ2n) is 6.71. The monoisotopic (exact) mass is 428 g/mol. The molecule has 4 rings (SSSR count). The van der Waals surface area contributed by atoms with Gasteiger partial charge in [0.2, 0.25) is 0 Å². The van der Waals surface area contributed by atoms with Crippen molar-refractivity contribution >= 4 is 46.7 Å². The first-order valence-corrected chi connectivity index (χ1v) is 9.55. The highest BCUT2D eigenvalue weighted by Crippen LogP contribution is 2.31. The first-order valence-electron chi connectivity index (χ1n) is 9.18. The van der Waals surface area contributed by atoms with Gasteiger partial charge in [-0.3, -0.25) is 14.9 Å². The topological polar surface area (TPSA) is 105 Å². The summed E-state index contributed by atoms with van der Waals surface area (Å²) in [5.74, 6) is -0.553. The van der Waals surface area contributed by atoms with Gasteiger partial charge in [0.05, 0.1) is 23.8 Å². The van der Waals surface area contributed by atoms with E-state index in [1.165, 1.54) is 12.1 Å². The van der Waals surface area contributed by atoms with Crippen molar-refractivity contribution in [3.05, 3.63) is 68.9 Å². The summed E-state index contributed by atoms with van der Waals surface area (Å²) in [6.45, 7) is 2.13. The molecule has 0 aromatic heterocycles. The van der Waals surface area contributed by atoms with Gasteiger partial charge < -0.3 is 15.0 Å². The van der Waals surface area contributed by atoms with Crippen LogP contribution in [-0.2, 0) is 9.53 Å². The highest BCUT2D eigenvalue weighted by atomic mass is 35.5. The Hall–Kier alpha value is -3.43. The van der Waals surface area contributed by atoms with Gasteiger partial charge >= 0.3 is 6.03 Å². The van der Waals surface area contributed by atoms with E-state index in [2.05, 4.69) is 5.32 Å². The standard InChI is InChI=1S/C20H17ClN4O5/c21-14-2-4-15(5-3-14)24-19(26)16(22-20(24)27)11-13-1-6-17(18(12-13)25(28)29)23-7-9-30-10-8-23/h1-6,11-12H,7-10H2,(H,22,27)/b16-11-. The molecule has 0 atom stereocenters. The molecule has 2 saturated heterocycles. The second kappa shape index (κ2) is 8.13. The molecule has 2 aliphatic rings. The van der Waals surface area contributed by atoms with Gasteiger partial charge in [0.15, 0.2) is 0 Å². The zero-order valence-electron chi connectivity index (χ0n) is 15.7. The third-order valence-corrected chi connectivity index (χ3v) is 5.07. The van der Waals surface area contributed by atoms with Crippen LogP contribution in [0.4, 0.5) is 21.9 Å². The molecular weight excluding hydrogens is 412 g/mol. The van der Waals surface area contributed by atoms with Gasteiger partial charge in [0.25, 0.3) is 11.6 Å². The summed E-state index contributed by atoms with van der Waals surface area (Å²) >= 11 is 5.86. The number of ether oxygens (including phenoxy) is 1. The largest absolute Gasteiger partial charge is 0.378 e. The van der Waals surface area contributed by atoms with Crippen LogP contribution < -0.4 is 15.1 Å². The lowest BCUT2D eigenvalue weighted by Gasteiger charge is -2.28. The van der Waals surface area contributed by atoms with Gasteiger partial charge in [-0.25, -0.2) is 9.69 Å². The number of anilines is 2. The van der Waals surface area contributed by atoms with Crippen LogP contribution in [0.1, 0.15) is 5.56 Å². The molecule has 0 spiro atoms. The zero-order valence-corrected chi connectivity index (χ0v) is 16.5. The Morgan fingerprint density at radius 1 is 1.10 bits per heavy atom. The molecule has 1 N–H and O–H groups in total. The zero-order chi connectivity index (χ0) is 21.3. The van der Waals surface area contributed by atoms with Crippen LogP contribution in [0.2, 0.25) is 5.02 Å². The number of benzene rings is 2. The van der Waals surface area contributed by atoms with E-state index < -0.39 is 16.9 Å². The Morgan fingerprint density at radius 3 is 2.47 bits per heavy atom. The summed E-state index contributed by atoms with van der Waals surface area (Å²) in [7, 11) is 0. The molecule has 2 aliphatic heterocycles. The highest BCUT2D eigenvalue weighted by molar-refractivity contribution is 6.31.